The van der Waals surface area contributed by atoms with E-state index < -0.39 is 0 Å². The maximum atomic E-state index is 11.4. The molecule has 0 aromatic heterocycles. The monoisotopic (exact) mass is 288 g/mol. The fraction of sp³-hybridized carbons (Fsp3) is 0.357. The van der Waals surface area contributed by atoms with Crippen LogP contribution in [-0.4, -0.2) is 29.1 Å². The van der Waals surface area contributed by atoms with Crippen LogP contribution in [0.15, 0.2) is 28.3 Å². The minimum absolute atomic E-state index is 0.0595. The minimum atomic E-state index is 0.0595. The standard InChI is InChI=1S/C14H16N4OS/c1-2-5-15-14-18-17-12(8-20-14)9-3-4-10-7-13(19)16-11(10)6-9/h3-4,6H,2,5,7-8H2,1H3,(H,15,18)(H,16,19). The molecule has 2 aliphatic heterocycles. The molecule has 3 rings (SSSR count). The van der Waals surface area contributed by atoms with E-state index in [0.717, 1.165) is 46.4 Å². The second-order valence-electron chi connectivity index (χ2n) is 4.74. The van der Waals surface area contributed by atoms with Crippen LogP contribution >= 0.6 is 11.8 Å². The summed E-state index contributed by atoms with van der Waals surface area (Å²) in [6, 6.07) is 6.01. The lowest BCUT2D eigenvalue weighted by Gasteiger charge is -2.15. The van der Waals surface area contributed by atoms with Crippen molar-refractivity contribution in [3.63, 3.8) is 0 Å². The fourth-order valence-electron chi connectivity index (χ4n) is 2.15. The van der Waals surface area contributed by atoms with E-state index in [9.17, 15) is 4.79 Å². The topological polar surface area (TPSA) is 65.8 Å². The number of rotatable bonds is 3. The second-order valence-corrected chi connectivity index (χ2v) is 5.71. The number of fused-ring (bicyclic) bond motifs is 1. The third-order valence-corrected chi connectivity index (χ3v) is 4.09. The molecule has 2 heterocycles. The fourth-order valence-corrected chi connectivity index (χ4v) is 2.95. The van der Waals surface area contributed by atoms with Crippen LogP contribution in [0.1, 0.15) is 24.5 Å². The molecule has 1 aromatic carbocycles. The van der Waals surface area contributed by atoms with Gasteiger partial charge in [-0.15, -0.1) is 0 Å². The number of carbonyl (C=O) groups excluding carboxylic acids is 1. The number of anilines is 1. The van der Waals surface area contributed by atoms with E-state index in [4.69, 9.17) is 0 Å². The van der Waals surface area contributed by atoms with Crippen LogP contribution in [-0.2, 0) is 11.2 Å². The molecule has 6 heteroatoms. The number of aliphatic imine (C=N–C) groups is 1. The average molecular weight is 288 g/mol. The van der Waals surface area contributed by atoms with E-state index >= 15 is 0 Å². The normalized spacial score (nSPS) is 19.4. The Morgan fingerprint density at radius 2 is 2.35 bits per heavy atom. The van der Waals surface area contributed by atoms with Crippen LogP contribution in [0.4, 0.5) is 5.69 Å². The predicted molar refractivity (Wildman–Crippen MR) is 83.5 cm³/mol. The number of nitrogens with one attached hydrogen (secondary N) is 2. The number of amidine groups is 1. The number of nitrogens with zero attached hydrogens (tertiary/aromatic N) is 2. The lowest BCUT2D eigenvalue weighted by atomic mass is 10.1. The van der Waals surface area contributed by atoms with Crippen LogP contribution < -0.4 is 10.7 Å². The highest BCUT2D eigenvalue weighted by atomic mass is 32.2. The maximum absolute atomic E-state index is 11.4. The quantitative estimate of drug-likeness (QED) is 0.894. The van der Waals surface area contributed by atoms with Crippen molar-refractivity contribution in [2.45, 2.75) is 19.8 Å². The van der Waals surface area contributed by atoms with Crippen molar-refractivity contribution in [3.8, 4) is 0 Å². The molecule has 0 aliphatic carbocycles. The Hall–Kier alpha value is -1.82. The number of hydrogen-bond donors (Lipinski definition) is 2. The maximum Gasteiger partial charge on any atom is 0.228 e. The lowest BCUT2D eigenvalue weighted by molar-refractivity contribution is -0.115. The molecule has 0 saturated heterocycles. The number of hydrazone groups is 1. The van der Waals surface area contributed by atoms with Crippen LogP contribution in [0.3, 0.4) is 0 Å². The minimum Gasteiger partial charge on any atom is -0.326 e. The van der Waals surface area contributed by atoms with Gasteiger partial charge < -0.3 is 5.32 Å². The molecule has 20 heavy (non-hydrogen) atoms. The summed E-state index contributed by atoms with van der Waals surface area (Å²) in [7, 11) is 0. The first-order chi connectivity index (χ1) is 9.76. The smallest absolute Gasteiger partial charge is 0.228 e. The second kappa shape index (κ2) is 5.66. The number of carbonyl (C=O) groups is 1. The summed E-state index contributed by atoms with van der Waals surface area (Å²) < 4.78 is 0. The summed E-state index contributed by atoms with van der Waals surface area (Å²) in [6.07, 6.45) is 1.51. The van der Waals surface area contributed by atoms with Gasteiger partial charge in [0.25, 0.3) is 0 Å². The summed E-state index contributed by atoms with van der Waals surface area (Å²) in [4.78, 5) is 15.8. The van der Waals surface area contributed by atoms with Crippen molar-refractivity contribution in [1.82, 2.24) is 5.43 Å². The largest absolute Gasteiger partial charge is 0.326 e. The van der Waals surface area contributed by atoms with Crippen molar-refractivity contribution < 1.29 is 4.79 Å². The van der Waals surface area contributed by atoms with Gasteiger partial charge in [0, 0.05) is 23.5 Å². The van der Waals surface area contributed by atoms with Gasteiger partial charge in [-0.1, -0.05) is 30.8 Å². The van der Waals surface area contributed by atoms with Crippen molar-refractivity contribution >= 4 is 34.2 Å². The molecular weight excluding hydrogens is 272 g/mol. The molecule has 104 valence electrons. The van der Waals surface area contributed by atoms with Crippen molar-refractivity contribution in [2.75, 3.05) is 17.6 Å². The first-order valence-corrected chi connectivity index (χ1v) is 7.68. The Bertz CT molecular complexity index is 609. The molecular formula is C14H16N4OS. The lowest BCUT2D eigenvalue weighted by Crippen LogP contribution is -2.25. The van der Waals surface area contributed by atoms with E-state index in [1.54, 1.807) is 11.8 Å². The highest BCUT2D eigenvalue weighted by Crippen LogP contribution is 2.25. The number of thioether (sulfide) groups is 1. The van der Waals surface area contributed by atoms with E-state index in [0.29, 0.717) is 6.42 Å². The Labute approximate surface area is 121 Å². The summed E-state index contributed by atoms with van der Waals surface area (Å²) in [5.41, 5.74) is 6.98. The molecule has 0 saturated carbocycles. The zero-order chi connectivity index (χ0) is 13.9. The zero-order valence-electron chi connectivity index (χ0n) is 11.3. The number of benzene rings is 1. The molecule has 0 unspecified atom stereocenters. The van der Waals surface area contributed by atoms with E-state index in [-0.39, 0.29) is 5.91 Å². The summed E-state index contributed by atoms with van der Waals surface area (Å²) in [6.45, 7) is 2.93. The molecule has 0 fully saturated rings. The third kappa shape index (κ3) is 2.70. The SMILES string of the molecule is CCCN=C1NN=C(c2ccc3c(c2)NC(=O)C3)CS1. The highest BCUT2D eigenvalue weighted by Gasteiger charge is 2.19. The Morgan fingerprint density at radius 1 is 1.45 bits per heavy atom. The first-order valence-electron chi connectivity index (χ1n) is 6.69. The van der Waals surface area contributed by atoms with Gasteiger partial charge in [-0.25, -0.2) is 0 Å². The van der Waals surface area contributed by atoms with Gasteiger partial charge in [0.15, 0.2) is 5.17 Å². The van der Waals surface area contributed by atoms with Crippen molar-refractivity contribution in [3.05, 3.63) is 29.3 Å². The van der Waals surface area contributed by atoms with Crippen LogP contribution in [0.5, 0.6) is 0 Å². The first kappa shape index (κ1) is 13.2. The van der Waals surface area contributed by atoms with Gasteiger partial charge in [0.2, 0.25) is 5.91 Å². The number of amides is 1. The Kier molecular flexibility index (Phi) is 3.73. The van der Waals surface area contributed by atoms with Crippen LogP contribution in [0.2, 0.25) is 0 Å². The van der Waals surface area contributed by atoms with Gasteiger partial charge in [0.1, 0.15) is 0 Å². The highest BCUT2D eigenvalue weighted by molar-refractivity contribution is 8.14. The molecule has 0 radical (unpaired) electrons. The molecule has 0 bridgehead atoms. The summed E-state index contributed by atoms with van der Waals surface area (Å²) in [5.74, 6) is 0.853. The van der Waals surface area contributed by atoms with Crippen molar-refractivity contribution in [2.24, 2.45) is 10.1 Å². The average Bonchev–Trinajstić information content (AvgIpc) is 2.84. The summed E-state index contributed by atoms with van der Waals surface area (Å²) >= 11 is 1.66. The van der Waals surface area contributed by atoms with Crippen molar-refractivity contribution in [1.29, 1.82) is 0 Å². The Balaban J connectivity index is 1.77. The molecule has 1 aromatic rings. The third-order valence-electron chi connectivity index (χ3n) is 3.18. The molecule has 1 amide bonds. The van der Waals surface area contributed by atoms with E-state index in [2.05, 4.69) is 27.8 Å². The van der Waals surface area contributed by atoms with Gasteiger partial charge in [-0.05, 0) is 18.1 Å². The van der Waals surface area contributed by atoms with Crippen LogP contribution in [0.25, 0.3) is 0 Å². The van der Waals surface area contributed by atoms with E-state index in [1.807, 2.05) is 18.2 Å². The Morgan fingerprint density at radius 3 is 3.10 bits per heavy atom. The van der Waals surface area contributed by atoms with Gasteiger partial charge in [-0.2, -0.15) is 5.10 Å². The zero-order valence-corrected chi connectivity index (χ0v) is 12.1. The molecule has 2 N–H and O–H groups in total. The molecule has 0 atom stereocenters. The molecule has 5 nitrogen and oxygen atoms in total. The van der Waals surface area contributed by atoms with E-state index in [1.165, 1.54) is 0 Å². The summed E-state index contributed by atoms with van der Waals surface area (Å²) in [5, 5.41) is 8.13. The molecule has 0 spiro atoms. The van der Waals surface area contributed by atoms with Crippen LogP contribution in [0, 0.1) is 0 Å². The predicted octanol–water partition coefficient (Wildman–Crippen LogP) is 1.99. The van der Waals surface area contributed by atoms with Gasteiger partial charge >= 0.3 is 0 Å². The molecule has 2 aliphatic rings. The number of hydrogen-bond acceptors (Lipinski definition) is 4. The van der Waals surface area contributed by atoms with Gasteiger partial charge in [-0.3, -0.25) is 15.2 Å². The van der Waals surface area contributed by atoms with Gasteiger partial charge in [0.05, 0.1) is 12.1 Å².